The molecule has 288 valence electrons. The molecule has 3 aromatic heterocycles. The Labute approximate surface area is 323 Å². The van der Waals surface area contributed by atoms with Gasteiger partial charge in [-0.25, -0.2) is 0 Å². The van der Waals surface area contributed by atoms with Gasteiger partial charge in [-0.15, -0.1) is 6.58 Å². The Hall–Kier alpha value is -4.57. The summed E-state index contributed by atoms with van der Waals surface area (Å²) in [6.45, 7) is 13.6. The molecule has 0 aromatic carbocycles. The lowest BCUT2D eigenvalue weighted by Crippen LogP contribution is -2.58. The van der Waals surface area contributed by atoms with Gasteiger partial charge in [-0.1, -0.05) is 47.1 Å². The fourth-order valence-corrected chi connectivity index (χ4v) is 11.9. The number of aromatic nitrogens is 3. The van der Waals surface area contributed by atoms with Gasteiger partial charge in [-0.05, 0) is 144 Å². The third kappa shape index (κ3) is 6.25. The lowest BCUT2D eigenvalue weighted by Gasteiger charge is -2.54. The molecule has 1 fully saturated rings. The van der Waals surface area contributed by atoms with Crippen molar-refractivity contribution in [1.82, 2.24) is 20.3 Å². The minimum atomic E-state index is -0.434. The van der Waals surface area contributed by atoms with E-state index in [2.05, 4.69) is 84.9 Å². The van der Waals surface area contributed by atoms with Crippen molar-refractivity contribution in [2.24, 2.45) is 41.1 Å². The molecule has 8 N–H and O–H groups in total. The Morgan fingerprint density at radius 3 is 1.95 bits per heavy atom. The van der Waals surface area contributed by atoms with E-state index in [4.69, 9.17) is 11.5 Å². The van der Waals surface area contributed by atoms with E-state index in [-0.39, 0.29) is 28.1 Å². The molecule has 4 heterocycles. The average molecular weight is 741 g/mol. The molecule has 7 aliphatic rings. The molecule has 55 heavy (non-hydrogen) atoms. The summed E-state index contributed by atoms with van der Waals surface area (Å²) in [5.41, 5.74) is 24.6. The second-order valence-electron chi connectivity index (χ2n) is 17.4. The predicted octanol–water partition coefficient (Wildman–Crippen LogP) is 5.94. The molecule has 1 saturated heterocycles. The van der Waals surface area contributed by atoms with Gasteiger partial charge in [0.05, 0.1) is 16.6 Å². The second kappa shape index (κ2) is 13.9. The first kappa shape index (κ1) is 37.4. The monoisotopic (exact) mass is 740 g/mol. The van der Waals surface area contributed by atoms with E-state index < -0.39 is 11.1 Å². The molecule has 0 unspecified atom stereocenters. The van der Waals surface area contributed by atoms with Crippen LogP contribution in [-0.2, 0) is 35.9 Å². The first-order valence-corrected chi connectivity index (χ1v) is 20.1. The number of hydrogen-bond acceptors (Lipinski definition) is 6. The van der Waals surface area contributed by atoms with E-state index in [0.717, 1.165) is 73.3 Å². The number of pyridine rings is 3. The summed E-state index contributed by atoms with van der Waals surface area (Å²) < 4.78 is 0. The minimum absolute atomic E-state index is 0.0307. The fraction of sp³-hybridized carbons (Fsp3) is 0.457. The molecule has 1 aliphatic heterocycles. The van der Waals surface area contributed by atoms with Gasteiger partial charge < -0.3 is 31.7 Å². The maximum Gasteiger partial charge on any atom is 0.248 e. The normalized spacial score (nSPS) is 34.0. The van der Waals surface area contributed by atoms with Crippen molar-refractivity contribution in [3.8, 4) is 0 Å². The van der Waals surface area contributed by atoms with Crippen LogP contribution in [0.3, 0.4) is 0 Å². The van der Waals surface area contributed by atoms with Crippen LogP contribution < -0.4 is 33.5 Å². The van der Waals surface area contributed by atoms with E-state index in [0.29, 0.717) is 23.7 Å². The van der Waals surface area contributed by atoms with Crippen LogP contribution in [0.15, 0.2) is 110 Å². The van der Waals surface area contributed by atoms with Crippen molar-refractivity contribution >= 4 is 0 Å². The topological polar surface area (TPSA) is 163 Å². The Kier molecular flexibility index (Phi) is 9.42. The number of allylic oxidation sites excluding steroid dienone is 4. The van der Waals surface area contributed by atoms with Gasteiger partial charge in [-0.3, -0.25) is 14.4 Å². The molecule has 10 rings (SSSR count). The van der Waals surface area contributed by atoms with Crippen LogP contribution in [0.25, 0.3) is 0 Å². The lowest BCUT2D eigenvalue weighted by atomic mass is 9.57. The van der Waals surface area contributed by atoms with E-state index in [9.17, 15) is 14.4 Å². The number of nitrogens with two attached hydrogens (primary N) is 2. The molecule has 3 aromatic rings. The second-order valence-corrected chi connectivity index (χ2v) is 17.4. The van der Waals surface area contributed by atoms with Gasteiger partial charge >= 0.3 is 0 Å². The summed E-state index contributed by atoms with van der Waals surface area (Å²) in [6, 6.07) is 10.7. The summed E-state index contributed by atoms with van der Waals surface area (Å²) in [5, 5.41) is 3.81. The third-order valence-corrected chi connectivity index (χ3v) is 13.8. The first-order valence-electron chi connectivity index (χ1n) is 20.1. The maximum atomic E-state index is 11.6. The van der Waals surface area contributed by atoms with Crippen molar-refractivity contribution in [2.75, 3.05) is 6.54 Å². The van der Waals surface area contributed by atoms with Crippen LogP contribution in [0.4, 0.5) is 0 Å². The number of piperidine rings is 1. The van der Waals surface area contributed by atoms with Crippen LogP contribution in [0.5, 0.6) is 0 Å². The summed E-state index contributed by atoms with van der Waals surface area (Å²) in [7, 11) is 0. The Balaban J connectivity index is 0.000000117. The Morgan fingerprint density at radius 2 is 1.27 bits per heavy atom. The quantitative estimate of drug-likeness (QED) is 0.169. The number of fused-ring (bicyclic) bond motifs is 9. The van der Waals surface area contributed by atoms with Crippen molar-refractivity contribution in [3.63, 3.8) is 0 Å². The Bertz CT molecular complexity index is 2360. The van der Waals surface area contributed by atoms with E-state index in [1.807, 2.05) is 18.2 Å². The largest absolute Gasteiger partial charge is 0.326 e. The van der Waals surface area contributed by atoms with E-state index >= 15 is 0 Å². The average Bonchev–Trinajstić information content (AvgIpc) is 3.10. The minimum Gasteiger partial charge on any atom is -0.326 e. The summed E-state index contributed by atoms with van der Waals surface area (Å²) in [6.07, 6.45) is 19.2. The highest BCUT2D eigenvalue weighted by Gasteiger charge is 2.52. The van der Waals surface area contributed by atoms with Gasteiger partial charge in [0.1, 0.15) is 0 Å². The first-order chi connectivity index (χ1) is 26.3. The summed E-state index contributed by atoms with van der Waals surface area (Å²) in [5.74, 6) is 2.22. The predicted molar refractivity (Wildman–Crippen MR) is 219 cm³/mol. The van der Waals surface area contributed by atoms with Crippen molar-refractivity contribution in [1.29, 1.82) is 0 Å². The SMILES string of the molecule is C/C=C1\[C@H]2C=C(C)C[C@]1(N)c1ccc(=O)[nH]c1C2.C=C[C@@H]1[C@H]2C=C(C)C[C@]1(N)c1ccc(=O)[nH]c1C2.CC1=C[C@H]2Cc3[nH]c(=O)ccc3[C@]3(C1)NCCC[C@H]23. The van der Waals surface area contributed by atoms with Crippen molar-refractivity contribution in [3.05, 3.63) is 160 Å². The van der Waals surface area contributed by atoms with E-state index in [1.54, 1.807) is 18.2 Å². The number of H-pyrrole nitrogens is 3. The highest BCUT2D eigenvalue weighted by atomic mass is 16.1. The molecule has 0 saturated carbocycles. The zero-order chi connectivity index (χ0) is 38.9. The number of hydrogen-bond donors (Lipinski definition) is 6. The van der Waals surface area contributed by atoms with Crippen LogP contribution in [0.1, 0.15) is 93.6 Å². The Morgan fingerprint density at radius 1 is 0.709 bits per heavy atom. The van der Waals surface area contributed by atoms with Crippen LogP contribution in [0, 0.1) is 29.6 Å². The molecule has 9 heteroatoms. The van der Waals surface area contributed by atoms with Gasteiger partial charge in [0.25, 0.3) is 0 Å². The highest BCUT2D eigenvalue weighted by Crippen LogP contribution is 2.53. The molecular weight excluding hydrogens is 685 g/mol. The smallest absolute Gasteiger partial charge is 0.248 e. The van der Waals surface area contributed by atoms with Crippen molar-refractivity contribution in [2.45, 2.75) is 95.7 Å². The molecular formula is C46H56N6O3. The van der Waals surface area contributed by atoms with Crippen molar-refractivity contribution < 1.29 is 0 Å². The molecule has 0 amide bonds. The number of rotatable bonds is 1. The van der Waals surface area contributed by atoms with Crippen LogP contribution in [-0.4, -0.2) is 21.5 Å². The molecule has 0 spiro atoms. The van der Waals surface area contributed by atoms with E-state index in [1.165, 1.54) is 40.7 Å². The van der Waals surface area contributed by atoms with Gasteiger partial charge in [0, 0.05) is 47.1 Å². The molecule has 6 aliphatic carbocycles. The summed E-state index contributed by atoms with van der Waals surface area (Å²) in [4.78, 5) is 43.5. The van der Waals surface area contributed by atoms with Gasteiger partial charge in [0.2, 0.25) is 16.7 Å². The molecule has 6 bridgehead atoms. The van der Waals surface area contributed by atoms with Crippen LogP contribution in [0.2, 0.25) is 0 Å². The maximum absolute atomic E-state index is 11.6. The number of nitrogens with one attached hydrogen (secondary N) is 4. The van der Waals surface area contributed by atoms with Gasteiger partial charge in [0.15, 0.2) is 0 Å². The van der Waals surface area contributed by atoms with Gasteiger partial charge in [-0.2, -0.15) is 0 Å². The standard InChI is InChI=1S/C16H20N2O.2C15H18N2O/c1-10-7-11-8-14-13(4-5-15(19)18-14)16(9-10)12(11)3-2-6-17-16;2*1-3-11-10-6-9(2)8-15(11,16)12-4-5-14(18)17-13(12)7-10/h4-5,7,11-12,17H,2-3,6,8-9H2,1H3,(H,18,19);3-6,10H,7-8,16H2,1-2H3,(H,17,18);3-6,10-11H,1,7-8,16H2,2H3,(H,17,18)/b;11-3+;/t11-,12+,16+;10-,15+;10-,11+,15+/m000/s1. The fourth-order valence-electron chi connectivity index (χ4n) is 11.9. The lowest BCUT2D eigenvalue weighted by molar-refractivity contribution is 0.0883. The zero-order valence-electron chi connectivity index (χ0n) is 32.7. The number of aromatic amines is 3. The molecule has 9 nitrogen and oxygen atoms in total. The highest BCUT2D eigenvalue weighted by molar-refractivity contribution is 5.49. The zero-order valence-corrected chi connectivity index (χ0v) is 32.7. The third-order valence-electron chi connectivity index (χ3n) is 13.8. The summed E-state index contributed by atoms with van der Waals surface area (Å²) >= 11 is 0. The van der Waals surface area contributed by atoms with Crippen LogP contribution >= 0.6 is 0 Å². The molecule has 0 radical (unpaired) electrons. The molecule has 8 atom stereocenters.